The molecular formula is C11H7F3N2O. The lowest BCUT2D eigenvalue weighted by atomic mass is 10.1. The molecule has 1 aromatic heterocycles. The molecule has 0 aliphatic heterocycles. The van der Waals surface area contributed by atoms with Crippen LogP contribution in [0.15, 0.2) is 24.4 Å². The number of rotatable bonds is 2. The van der Waals surface area contributed by atoms with Gasteiger partial charge in [0.2, 0.25) is 5.78 Å². The van der Waals surface area contributed by atoms with E-state index in [1.807, 2.05) is 0 Å². The molecule has 0 amide bonds. The van der Waals surface area contributed by atoms with Gasteiger partial charge in [-0.25, -0.2) is 13.2 Å². The van der Waals surface area contributed by atoms with Gasteiger partial charge in [-0.15, -0.1) is 0 Å². The van der Waals surface area contributed by atoms with Crippen LogP contribution >= 0.6 is 0 Å². The van der Waals surface area contributed by atoms with Gasteiger partial charge in [0.15, 0.2) is 17.5 Å². The maximum atomic E-state index is 13.4. The first-order valence-corrected chi connectivity index (χ1v) is 4.68. The van der Waals surface area contributed by atoms with Gasteiger partial charge in [0.25, 0.3) is 0 Å². The molecule has 88 valence electrons. The van der Waals surface area contributed by atoms with Crippen LogP contribution in [0.2, 0.25) is 0 Å². The zero-order chi connectivity index (χ0) is 12.6. The summed E-state index contributed by atoms with van der Waals surface area (Å²) in [6.07, 6.45) is 1.35. The lowest BCUT2D eigenvalue weighted by molar-refractivity contribution is 0.102. The van der Waals surface area contributed by atoms with Gasteiger partial charge in [-0.05, 0) is 18.2 Å². The smallest absolute Gasteiger partial charge is 0.214 e. The van der Waals surface area contributed by atoms with E-state index in [4.69, 9.17) is 0 Å². The number of aromatic nitrogens is 2. The van der Waals surface area contributed by atoms with E-state index < -0.39 is 28.8 Å². The predicted molar refractivity (Wildman–Crippen MR) is 53.0 cm³/mol. The Bertz CT molecular complexity index is 592. The van der Waals surface area contributed by atoms with Crippen LogP contribution in [0.4, 0.5) is 13.2 Å². The third-order valence-electron chi connectivity index (χ3n) is 2.33. The Balaban J connectivity index is 2.53. The second-order valence-corrected chi connectivity index (χ2v) is 3.39. The summed E-state index contributed by atoms with van der Waals surface area (Å²) in [7, 11) is 1.49. The van der Waals surface area contributed by atoms with Crippen LogP contribution < -0.4 is 0 Å². The van der Waals surface area contributed by atoms with Crippen molar-refractivity contribution in [1.29, 1.82) is 0 Å². The summed E-state index contributed by atoms with van der Waals surface area (Å²) in [6, 6.07) is 2.98. The molecule has 1 aromatic carbocycles. The van der Waals surface area contributed by atoms with Gasteiger partial charge in [0.05, 0.1) is 5.56 Å². The summed E-state index contributed by atoms with van der Waals surface area (Å²) in [6.45, 7) is 0. The zero-order valence-electron chi connectivity index (χ0n) is 8.75. The molecule has 0 atom stereocenters. The van der Waals surface area contributed by atoms with Crippen molar-refractivity contribution in [2.24, 2.45) is 7.05 Å². The predicted octanol–water partition coefficient (Wildman–Crippen LogP) is 2.07. The molecule has 0 spiro atoms. The third-order valence-corrected chi connectivity index (χ3v) is 2.33. The van der Waals surface area contributed by atoms with Gasteiger partial charge >= 0.3 is 0 Å². The van der Waals surface area contributed by atoms with Crippen molar-refractivity contribution in [3.63, 3.8) is 0 Å². The molecule has 3 nitrogen and oxygen atoms in total. The normalized spacial score (nSPS) is 10.6. The van der Waals surface area contributed by atoms with Gasteiger partial charge < -0.3 is 0 Å². The van der Waals surface area contributed by atoms with Gasteiger partial charge in [-0.1, -0.05) is 0 Å². The maximum Gasteiger partial charge on any atom is 0.214 e. The van der Waals surface area contributed by atoms with Crippen molar-refractivity contribution >= 4 is 5.78 Å². The molecule has 6 heteroatoms. The summed E-state index contributed by atoms with van der Waals surface area (Å²) in [5, 5.41) is 3.74. The molecule has 0 saturated heterocycles. The molecule has 0 aliphatic rings. The lowest BCUT2D eigenvalue weighted by Crippen LogP contribution is -2.11. The monoisotopic (exact) mass is 240 g/mol. The topological polar surface area (TPSA) is 34.9 Å². The van der Waals surface area contributed by atoms with E-state index in [1.54, 1.807) is 0 Å². The highest BCUT2D eigenvalue weighted by Gasteiger charge is 2.21. The zero-order valence-corrected chi connectivity index (χ0v) is 8.75. The highest BCUT2D eigenvalue weighted by molar-refractivity contribution is 6.08. The first kappa shape index (κ1) is 11.4. The Morgan fingerprint density at radius 3 is 2.47 bits per heavy atom. The van der Waals surface area contributed by atoms with E-state index in [0.717, 1.165) is 6.07 Å². The number of benzene rings is 1. The van der Waals surface area contributed by atoms with Gasteiger partial charge in [0, 0.05) is 13.2 Å². The van der Waals surface area contributed by atoms with Crippen LogP contribution in [0.5, 0.6) is 0 Å². The van der Waals surface area contributed by atoms with Crippen LogP contribution in [-0.2, 0) is 7.05 Å². The summed E-state index contributed by atoms with van der Waals surface area (Å²) in [5.41, 5.74) is -0.428. The molecule has 2 rings (SSSR count). The Morgan fingerprint density at radius 2 is 1.88 bits per heavy atom. The molecule has 0 saturated carbocycles. The number of ketones is 1. The maximum absolute atomic E-state index is 13.4. The van der Waals surface area contributed by atoms with Gasteiger partial charge in [-0.2, -0.15) is 5.10 Å². The number of hydrogen-bond acceptors (Lipinski definition) is 2. The van der Waals surface area contributed by atoms with E-state index >= 15 is 0 Å². The Kier molecular flexibility index (Phi) is 2.71. The summed E-state index contributed by atoms with van der Waals surface area (Å²) >= 11 is 0. The highest BCUT2D eigenvalue weighted by Crippen LogP contribution is 2.18. The van der Waals surface area contributed by atoms with E-state index in [-0.39, 0.29) is 5.69 Å². The van der Waals surface area contributed by atoms with Crippen molar-refractivity contribution in [1.82, 2.24) is 9.78 Å². The van der Waals surface area contributed by atoms with Crippen molar-refractivity contribution in [2.75, 3.05) is 0 Å². The molecule has 1 heterocycles. The van der Waals surface area contributed by atoms with E-state index in [9.17, 15) is 18.0 Å². The first-order chi connectivity index (χ1) is 8.02. The molecular weight excluding hydrogens is 233 g/mol. The number of aryl methyl sites for hydroxylation is 1. The lowest BCUT2D eigenvalue weighted by Gasteiger charge is -2.04. The number of carbonyl (C=O) groups is 1. The minimum atomic E-state index is -1.65. The van der Waals surface area contributed by atoms with E-state index in [2.05, 4.69) is 5.10 Å². The van der Waals surface area contributed by atoms with Crippen molar-refractivity contribution in [3.8, 4) is 0 Å². The molecule has 0 bridgehead atoms. The molecule has 0 aliphatic carbocycles. The average molecular weight is 240 g/mol. The molecule has 2 aromatic rings. The van der Waals surface area contributed by atoms with Crippen LogP contribution in [0, 0.1) is 17.5 Å². The van der Waals surface area contributed by atoms with Crippen LogP contribution in [0.3, 0.4) is 0 Å². The Morgan fingerprint density at radius 1 is 1.18 bits per heavy atom. The number of hydrogen-bond donors (Lipinski definition) is 0. The van der Waals surface area contributed by atoms with Crippen molar-refractivity contribution in [2.45, 2.75) is 0 Å². The summed E-state index contributed by atoms with van der Waals surface area (Å²) < 4.78 is 40.3. The van der Waals surface area contributed by atoms with Crippen LogP contribution in [0.25, 0.3) is 0 Å². The quantitative estimate of drug-likeness (QED) is 0.595. The SMILES string of the molecule is Cn1nccc1C(=O)c1ccc(F)c(F)c1F. The molecule has 0 unspecified atom stereocenters. The molecule has 0 N–H and O–H groups in total. The van der Waals surface area contributed by atoms with Gasteiger partial charge in [0.1, 0.15) is 5.69 Å². The minimum absolute atomic E-state index is 0.0925. The average Bonchev–Trinajstić information content (AvgIpc) is 2.72. The second-order valence-electron chi connectivity index (χ2n) is 3.39. The van der Waals surface area contributed by atoms with Crippen LogP contribution in [-0.4, -0.2) is 15.6 Å². The highest BCUT2D eigenvalue weighted by atomic mass is 19.2. The second kappa shape index (κ2) is 4.04. The summed E-state index contributed by atoms with van der Waals surface area (Å²) in [4.78, 5) is 11.8. The van der Waals surface area contributed by atoms with E-state index in [0.29, 0.717) is 6.07 Å². The fraction of sp³-hybridized carbons (Fsp3) is 0.0909. The fourth-order valence-corrected chi connectivity index (χ4v) is 1.44. The third kappa shape index (κ3) is 1.82. The molecule has 17 heavy (non-hydrogen) atoms. The van der Waals surface area contributed by atoms with Crippen LogP contribution in [0.1, 0.15) is 16.1 Å². The number of carbonyl (C=O) groups excluding carboxylic acids is 1. The summed E-state index contributed by atoms with van der Waals surface area (Å²) in [5.74, 6) is -5.22. The largest absolute Gasteiger partial charge is 0.287 e. The Hall–Kier alpha value is -2.11. The first-order valence-electron chi connectivity index (χ1n) is 4.68. The molecule has 0 radical (unpaired) electrons. The van der Waals surface area contributed by atoms with Crippen molar-refractivity contribution in [3.05, 3.63) is 53.1 Å². The molecule has 0 fully saturated rings. The van der Waals surface area contributed by atoms with Crippen molar-refractivity contribution < 1.29 is 18.0 Å². The number of halogens is 3. The Labute approximate surface area is 94.5 Å². The number of nitrogens with zero attached hydrogens (tertiary/aromatic N) is 2. The van der Waals surface area contributed by atoms with E-state index in [1.165, 1.54) is 24.0 Å². The minimum Gasteiger partial charge on any atom is -0.287 e. The fourth-order valence-electron chi connectivity index (χ4n) is 1.44. The van der Waals surface area contributed by atoms with Gasteiger partial charge in [-0.3, -0.25) is 9.48 Å². The standard InChI is InChI=1S/C11H7F3N2O/c1-16-8(4-5-15-16)11(17)6-2-3-7(12)10(14)9(6)13/h2-5H,1H3.